The summed E-state index contributed by atoms with van der Waals surface area (Å²) in [5.74, 6) is 2.61. The quantitative estimate of drug-likeness (QED) is 0.140. The van der Waals surface area contributed by atoms with E-state index >= 15 is 0 Å². The molecule has 16 aromatic carbocycles. The highest BCUT2D eigenvalue weighted by Gasteiger charge is 2.20. The highest BCUT2D eigenvalue weighted by Crippen LogP contribution is 2.44. The maximum Gasteiger partial charge on any atom is 0.164 e. The van der Waals surface area contributed by atoms with E-state index in [1.165, 1.54) is 54.0 Å². The minimum atomic E-state index is 0.632. The Hall–Kier alpha value is -13.2. The molecule has 0 aliphatic rings. The minimum Gasteiger partial charge on any atom is -0.456 e. The van der Waals surface area contributed by atoms with Gasteiger partial charge in [-0.3, -0.25) is 0 Å². The largest absolute Gasteiger partial charge is 0.456 e. The van der Waals surface area contributed by atoms with Crippen LogP contribution < -0.4 is 0 Å². The average Bonchev–Trinajstić information content (AvgIpc) is 1.47. The zero-order valence-electron chi connectivity index (χ0n) is 52.8. The van der Waals surface area contributed by atoms with Crippen LogP contribution in [0.1, 0.15) is 0 Å². The van der Waals surface area contributed by atoms with Gasteiger partial charge in [-0.15, -0.1) is 0 Å². The van der Waals surface area contributed by atoms with E-state index in [1.54, 1.807) is 0 Å². The molecule has 98 heavy (non-hydrogen) atoms. The van der Waals surface area contributed by atoms with Crippen LogP contribution in [0.25, 0.3) is 199 Å². The van der Waals surface area contributed by atoms with Gasteiger partial charge in [0, 0.05) is 54.9 Å². The SMILES string of the molecule is c1ccc(-c2cccc(-c3cc(-c4ccc5c(c4)c4ccccc4c4cc6c(cc54)oc4ccccc46)nc(-c4ccccc4)n3)c2)cc1.c1ccc(-c2cccc(-c3nc(-c4ccccc4)nc(-c4ccc5c(c4)c4ccccc4c4cc6c(cc54)oc4ccccc46)n3)c2)cc1. The number of hydrogen-bond donors (Lipinski definition) is 0. The lowest BCUT2D eigenvalue weighted by Gasteiger charge is -2.13. The number of furan rings is 2. The molecule has 0 saturated heterocycles. The number of para-hydroxylation sites is 2. The van der Waals surface area contributed by atoms with Crippen molar-refractivity contribution in [1.82, 2.24) is 24.9 Å². The van der Waals surface area contributed by atoms with E-state index in [4.69, 9.17) is 33.8 Å². The van der Waals surface area contributed by atoms with Crippen molar-refractivity contribution >= 4 is 109 Å². The summed E-state index contributed by atoms with van der Waals surface area (Å²) in [6.45, 7) is 0. The maximum atomic E-state index is 6.34. The third-order valence-electron chi connectivity index (χ3n) is 19.1. The molecule has 7 nitrogen and oxygen atoms in total. The predicted octanol–water partition coefficient (Wildman–Crippen LogP) is 24.4. The van der Waals surface area contributed by atoms with Crippen molar-refractivity contribution in [2.45, 2.75) is 0 Å². The van der Waals surface area contributed by atoms with E-state index in [9.17, 15) is 0 Å². The van der Waals surface area contributed by atoms with Gasteiger partial charge in [-0.1, -0.05) is 267 Å². The van der Waals surface area contributed by atoms with Crippen LogP contribution in [0.4, 0.5) is 0 Å². The molecule has 0 saturated carbocycles. The summed E-state index contributed by atoms with van der Waals surface area (Å²) in [6.07, 6.45) is 0. The summed E-state index contributed by atoms with van der Waals surface area (Å²) in [4.78, 5) is 25.5. The van der Waals surface area contributed by atoms with Crippen molar-refractivity contribution in [2.75, 3.05) is 0 Å². The smallest absolute Gasteiger partial charge is 0.164 e. The number of fused-ring (bicyclic) bond motifs is 18. The van der Waals surface area contributed by atoms with Gasteiger partial charge in [0.25, 0.3) is 0 Å². The molecule has 0 amide bonds. The van der Waals surface area contributed by atoms with E-state index < -0.39 is 0 Å². The third kappa shape index (κ3) is 9.87. The Labute approximate surface area is 562 Å². The second-order valence-electron chi connectivity index (χ2n) is 25.0. The Bertz CT molecular complexity index is 6150. The molecule has 456 valence electrons. The molecule has 0 N–H and O–H groups in total. The number of benzene rings is 16. The fourth-order valence-corrected chi connectivity index (χ4v) is 14.4. The average molecular weight is 1250 g/mol. The Morgan fingerprint density at radius 3 is 0.908 bits per heavy atom. The highest BCUT2D eigenvalue weighted by molar-refractivity contribution is 6.30. The lowest BCUT2D eigenvalue weighted by molar-refractivity contribution is 0.669. The van der Waals surface area contributed by atoms with E-state index in [0.717, 1.165) is 121 Å². The molecule has 0 aliphatic heterocycles. The van der Waals surface area contributed by atoms with Gasteiger partial charge >= 0.3 is 0 Å². The van der Waals surface area contributed by atoms with Gasteiger partial charge in [-0.05, 0) is 154 Å². The van der Waals surface area contributed by atoms with Gasteiger partial charge in [0.05, 0.1) is 11.4 Å². The summed E-state index contributed by atoms with van der Waals surface area (Å²) in [6, 6.07) is 117. The Kier molecular flexibility index (Phi) is 13.4. The summed E-state index contributed by atoms with van der Waals surface area (Å²) in [5, 5.41) is 18.8. The number of nitrogens with zero attached hydrogens (tertiary/aromatic N) is 5. The van der Waals surface area contributed by atoms with Gasteiger partial charge in [-0.25, -0.2) is 24.9 Å². The fourth-order valence-electron chi connectivity index (χ4n) is 14.4. The van der Waals surface area contributed by atoms with Crippen LogP contribution in [0.5, 0.6) is 0 Å². The standard InChI is InChI=1S/C46H28N2O.C45H27N3O/c1-3-12-29(13-4-1)31-16-11-17-32(24-31)42-28-43(48-46(47-42)30-14-5-2-6-15-30)33-22-23-36-38(25-33)34-18-7-8-19-35(34)39-26-41-37-20-9-10-21-44(37)49-45(41)27-40(36)39;1-3-12-28(13-4-1)30-16-11-17-31(24-30)44-46-43(29-14-5-2-6-15-29)47-45(48-44)32-22-23-35-37(25-32)33-18-7-8-19-34(33)38-26-40-36-20-9-10-21-41(36)49-42(40)27-39(35)38/h1-28H;1-27H. The molecule has 0 fully saturated rings. The maximum absolute atomic E-state index is 6.34. The van der Waals surface area contributed by atoms with Crippen molar-refractivity contribution in [2.24, 2.45) is 0 Å². The molecule has 20 rings (SSSR count). The second-order valence-corrected chi connectivity index (χ2v) is 25.0. The van der Waals surface area contributed by atoms with Crippen molar-refractivity contribution in [3.8, 4) is 90.3 Å². The number of hydrogen-bond acceptors (Lipinski definition) is 7. The first kappa shape index (κ1) is 56.3. The number of aromatic nitrogens is 5. The first-order chi connectivity index (χ1) is 48.5. The van der Waals surface area contributed by atoms with Gasteiger partial charge in [-0.2, -0.15) is 0 Å². The van der Waals surface area contributed by atoms with Crippen LogP contribution in [-0.4, -0.2) is 24.9 Å². The van der Waals surface area contributed by atoms with Crippen molar-refractivity contribution < 1.29 is 8.83 Å². The van der Waals surface area contributed by atoms with E-state index in [2.05, 4.69) is 249 Å². The molecule has 7 heteroatoms. The topological polar surface area (TPSA) is 90.7 Å². The van der Waals surface area contributed by atoms with Crippen LogP contribution in [0, 0.1) is 0 Å². The Morgan fingerprint density at radius 2 is 0.439 bits per heavy atom. The Morgan fingerprint density at radius 1 is 0.143 bits per heavy atom. The molecule has 0 bridgehead atoms. The van der Waals surface area contributed by atoms with Crippen molar-refractivity contribution in [3.63, 3.8) is 0 Å². The predicted molar refractivity (Wildman–Crippen MR) is 405 cm³/mol. The van der Waals surface area contributed by atoms with Gasteiger partial charge in [0.2, 0.25) is 0 Å². The van der Waals surface area contributed by atoms with Gasteiger partial charge in [0.15, 0.2) is 23.3 Å². The molecule has 20 aromatic rings. The first-order valence-electron chi connectivity index (χ1n) is 33.0. The lowest BCUT2D eigenvalue weighted by Crippen LogP contribution is -2.00. The van der Waals surface area contributed by atoms with Crippen molar-refractivity contribution in [3.05, 3.63) is 334 Å². The molecule has 0 spiro atoms. The van der Waals surface area contributed by atoms with Crippen LogP contribution in [-0.2, 0) is 0 Å². The Balaban J connectivity index is 0.000000137. The molecular formula is C91H55N5O2. The monoisotopic (exact) mass is 1250 g/mol. The fraction of sp³-hybridized carbons (Fsp3) is 0. The molecule has 0 unspecified atom stereocenters. The molecule has 0 radical (unpaired) electrons. The zero-order chi connectivity index (χ0) is 64.6. The van der Waals surface area contributed by atoms with E-state index in [1.807, 2.05) is 84.9 Å². The van der Waals surface area contributed by atoms with Crippen LogP contribution in [0.15, 0.2) is 342 Å². The molecule has 4 aromatic heterocycles. The van der Waals surface area contributed by atoms with Gasteiger partial charge < -0.3 is 8.83 Å². The molecule has 0 aliphatic carbocycles. The van der Waals surface area contributed by atoms with E-state index in [-0.39, 0.29) is 0 Å². The molecular weight excluding hydrogens is 1200 g/mol. The summed E-state index contributed by atoms with van der Waals surface area (Å²) in [7, 11) is 0. The van der Waals surface area contributed by atoms with Crippen LogP contribution in [0.3, 0.4) is 0 Å². The van der Waals surface area contributed by atoms with Crippen LogP contribution in [0.2, 0.25) is 0 Å². The number of rotatable bonds is 8. The molecule has 4 heterocycles. The summed E-state index contributed by atoms with van der Waals surface area (Å²) in [5.41, 5.74) is 15.9. The summed E-state index contributed by atoms with van der Waals surface area (Å²) >= 11 is 0. The lowest BCUT2D eigenvalue weighted by atomic mass is 9.91. The normalized spacial score (nSPS) is 11.7. The first-order valence-corrected chi connectivity index (χ1v) is 33.0. The van der Waals surface area contributed by atoms with Gasteiger partial charge in [0.1, 0.15) is 22.3 Å². The van der Waals surface area contributed by atoms with E-state index in [0.29, 0.717) is 23.3 Å². The zero-order valence-corrected chi connectivity index (χ0v) is 52.8. The second kappa shape index (κ2) is 23.4. The minimum absolute atomic E-state index is 0.632. The summed E-state index contributed by atoms with van der Waals surface area (Å²) < 4.78 is 12.7. The highest BCUT2D eigenvalue weighted by atomic mass is 16.3. The third-order valence-corrected chi connectivity index (χ3v) is 19.1. The molecule has 0 atom stereocenters. The van der Waals surface area contributed by atoms with Crippen LogP contribution >= 0.6 is 0 Å². The van der Waals surface area contributed by atoms with Crippen molar-refractivity contribution in [1.29, 1.82) is 0 Å².